The van der Waals surface area contributed by atoms with Crippen LogP contribution in [0.1, 0.15) is 5.56 Å². The molecule has 0 aliphatic heterocycles. The Morgan fingerprint density at radius 2 is 1.29 bits per heavy atom. The first kappa shape index (κ1) is 25.8. The maximum Gasteiger partial charge on any atom is 0.295 e. The van der Waals surface area contributed by atoms with E-state index in [-0.39, 0.29) is 11.3 Å². The first-order valence-corrected chi connectivity index (χ1v) is 14.7. The van der Waals surface area contributed by atoms with Crippen molar-refractivity contribution in [1.82, 2.24) is 0 Å². The Bertz CT molecular complexity index is 1740. The molecule has 3 aromatic carbocycles. The van der Waals surface area contributed by atoms with E-state index in [0.717, 1.165) is 0 Å². The summed E-state index contributed by atoms with van der Waals surface area (Å²) >= 11 is 0. The molecule has 0 fully saturated rings. The second kappa shape index (κ2) is 8.45. The van der Waals surface area contributed by atoms with Gasteiger partial charge in [0.25, 0.3) is 30.4 Å². The third-order valence-electron chi connectivity index (χ3n) is 4.41. The molecule has 17 heteroatoms. The molecule has 0 aliphatic rings. The van der Waals surface area contributed by atoms with Crippen molar-refractivity contribution in [2.75, 3.05) is 10.5 Å². The summed E-state index contributed by atoms with van der Waals surface area (Å²) < 4.78 is 126. The molecule has 3 rings (SSSR count). The average Bonchev–Trinajstić information content (AvgIpc) is 2.64. The SMILES string of the molecule is Nc1cccc(CS(=O)(=O)Nc2cc(S(=O)(=O)O)cc3cc(S(=O)(=O)O)cc(S(=O)(=O)O)c23)c1. The van der Waals surface area contributed by atoms with Crippen LogP contribution in [0, 0.1) is 0 Å². The predicted octanol–water partition coefficient (Wildman–Crippen LogP) is 1.10. The number of hydrogen-bond donors (Lipinski definition) is 5. The van der Waals surface area contributed by atoms with Crippen LogP contribution in [0.25, 0.3) is 10.8 Å². The van der Waals surface area contributed by atoms with Gasteiger partial charge in [-0.05, 0) is 47.3 Å². The largest absolute Gasteiger partial charge is 0.399 e. The highest BCUT2D eigenvalue weighted by molar-refractivity contribution is 7.92. The summed E-state index contributed by atoms with van der Waals surface area (Å²) in [4.78, 5) is -3.13. The number of anilines is 2. The fraction of sp³-hybridized carbons (Fsp3) is 0.0588. The van der Waals surface area contributed by atoms with Crippen LogP contribution in [-0.2, 0) is 46.1 Å². The third-order valence-corrected chi connectivity index (χ3v) is 8.19. The van der Waals surface area contributed by atoms with E-state index in [1.54, 1.807) is 0 Å². The van der Waals surface area contributed by atoms with Gasteiger partial charge >= 0.3 is 0 Å². The monoisotopic (exact) mass is 552 g/mol. The highest BCUT2D eigenvalue weighted by atomic mass is 32.2. The maximum absolute atomic E-state index is 12.8. The number of benzene rings is 3. The second-order valence-corrected chi connectivity index (χ2v) is 13.0. The molecular formula is C17H16N2O11S4. The first-order valence-electron chi connectivity index (χ1n) is 8.76. The van der Waals surface area contributed by atoms with Crippen molar-refractivity contribution in [3.63, 3.8) is 0 Å². The minimum atomic E-state index is -5.24. The van der Waals surface area contributed by atoms with E-state index in [2.05, 4.69) is 0 Å². The van der Waals surface area contributed by atoms with Gasteiger partial charge in [0, 0.05) is 11.1 Å². The van der Waals surface area contributed by atoms with Crippen LogP contribution in [0.4, 0.5) is 11.4 Å². The molecule has 3 aromatic rings. The molecule has 0 heterocycles. The molecule has 34 heavy (non-hydrogen) atoms. The zero-order chi connectivity index (χ0) is 25.7. The number of nitrogens with two attached hydrogens (primary N) is 1. The van der Waals surface area contributed by atoms with Crippen LogP contribution in [0.15, 0.2) is 63.2 Å². The van der Waals surface area contributed by atoms with Gasteiger partial charge in [-0.2, -0.15) is 25.3 Å². The van der Waals surface area contributed by atoms with E-state index in [1.165, 1.54) is 24.3 Å². The molecular weight excluding hydrogens is 536 g/mol. The highest BCUT2D eigenvalue weighted by Crippen LogP contribution is 2.36. The first-order chi connectivity index (χ1) is 15.4. The molecule has 0 bridgehead atoms. The molecule has 0 aliphatic carbocycles. The molecule has 6 N–H and O–H groups in total. The number of fused-ring (bicyclic) bond motifs is 1. The molecule has 0 atom stereocenters. The molecule has 184 valence electrons. The standard InChI is InChI=1S/C17H16N2O11S4/c18-12-3-1-2-10(4-12)9-31(20,21)19-15-7-13(32(22,23)24)5-11-6-14(33(25,26)27)8-16(17(11)15)34(28,29)30/h1-8,19H,9,18H2,(H,22,23,24)(H,25,26,27)(H,28,29,30). The maximum atomic E-state index is 12.8. The summed E-state index contributed by atoms with van der Waals surface area (Å²) in [6, 6.07) is 7.93. The van der Waals surface area contributed by atoms with Crippen molar-refractivity contribution < 1.29 is 47.3 Å². The second-order valence-electron chi connectivity index (χ2n) is 7.02. The van der Waals surface area contributed by atoms with Crippen LogP contribution >= 0.6 is 0 Å². The van der Waals surface area contributed by atoms with Crippen molar-refractivity contribution in [1.29, 1.82) is 0 Å². The Morgan fingerprint density at radius 3 is 1.79 bits per heavy atom. The van der Waals surface area contributed by atoms with E-state index in [9.17, 15) is 47.3 Å². The minimum absolute atomic E-state index is 0.214. The highest BCUT2D eigenvalue weighted by Gasteiger charge is 2.26. The number of sulfonamides is 1. The van der Waals surface area contributed by atoms with Gasteiger partial charge in [0.2, 0.25) is 10.0 Å². The van der Waals surface area contributed by atoms with Crippen LogP contribution in [-0.4, -0.2) is 47.3 Å². The Hall–Kier alpha value is -2.80. The van der Waals surface area contributed by atoms with E-state index in [0.29, 0.717) is 24.3 Å². The van der Waals surface area contributed by atoms with Crippen LogP contribution in [0.2, 0.25) is 0 Å². The van der Waals surface area contributed by atoms with Gasteiger partial charge in [-0.1, -0.05) is 12.1 Å². The fourth-order valence-corrected chi connectivity index (χ4v) is 6.22. The predicted molar refractivity (Wildman–Crippen MR) is 120 cm³/mol. The lowest BCUT2D eigenvalue weighted by Gasteiger charge is -2.15. The number of rotatable bonds is 7. The zero-order valence-electron chi connectivity index (χ0n) is 16.6. The number of hydrogen-bond acceptors (Lipinski definition) is 9. The van der Waals surface area contributed by atoms with Gasteiger partial charge in [0.05, 0.1) is 21.2 Å². The van der Waals surface area contributed by atoms with Crippen molar-refractivity contribution in [3.05, 3.63) is 54.1 Å². The molecule has 0 saturated carbocycles. The van der Waals surface area contributed by atoms with E-state index >= 15 is 0 Å². The molecule has 0 spiro atoms. The molecule has 0 unspecified atom stereocenters. The molecule has 13 nitrogen and oxygen atoms in total. The summed E-state index contributed by atoms with van der Waals surface area (Å²) in [5, 5.41) is -1.18. The minimum Gasteiger partial charge on any atom is -0.399 e. The molecule has 0 amide bonds. The van der Waals surface area contributed by atoms with Gasteiger partial charge in [-0.3, -0.25) is 18.4 Å². The lowest BCUT2D eigenvalue weighted by atomic mass is 10.1. The Labute approximate surface area is 194 Å². The van der Waals surface area contributed by atoms with Gasteiger partial charge in [-0.25, -0.2) is 8.42 Å². The molecule has 0 saturated heterocycles. The summed E-state index contributed by atoms with van der Waals surface area (Å²) in [7, 11) is -19.7. The summed E-state index contributed by atoms with van der Waals surface area (Å²) in [5.41, 5.74) is 5.36. The van der Waals surface area contributed by atoms with Crippen LogP contribution in [0.5, 0.6) is 0 Å². The van der Waals surface area contributed by atoms with Gasteiger partial charge in [0.1, 0.15) is 4.90 Å². The summed E-state index contributed by atoms with van der Waals surface area (Å²) in [5.74, 6) is -0.694. The van der Waals surface area contributed by atoms with Gasteiger partial charge < -0.3 is 5.73 Å². The average molecular weight is 553 g/mol. The van der Waals surface area contributed by atoms with Crippen molar-refractivity contribution in [2.24, 2.45) is 0 Å². The van der Waals surface area contributed by atoms with Crippen molar-refractivity contribution in [3.8, 4) is 0 Å². The van der Waals surface area contributed by atoms with E-state index in [1.807, 2.05) is 4.72 Å². The van der Waals surface area contributed by atoms with Crippen molar-refractivity contribution in [2.45, 2.75) is 20.4 Å². The molecule has 0 aromatic heterocycles. The quantitative estimate of drug-likeness (QED) is 0.205. The molecule has 0 radical (unpaired) electrons. The zero-order valence-corrected chi connectivity index (χ0v) is 19.9. The Kier molecular flexibility index (Phi) is 6.42. The summed E-state index contributed by atoms with van der Waals surface area (Å²) in [6.07, 6.45) is 0. The smallest absolute Gasteiger partial charge is 0.295 e. The Balaban J connectivity index is 2.35. The lowest BCUT2D eigenvalue weighted by molar-refractivity contribution is 0.480. The number of nitrogens with one attached hydrogen (secondary N) is 1. The van der Waals surface area contributed by atoms with E-state index in [4.69, 9.17) is 5.73 Å². The van der Waals surface area contributed by atoms with Crippen LogP contribution < -0.4 is 10.5 Å². The van der Waals surface area contributed by atoms with Gasteiger partial charge in [0.15, 0.2) is 0 Å². The normalized spacial score (nSPS) is 13.1. The van der Waals surface area contributed by atoms with E-state index < -0.39 is 77.3 Å². The van der Waals surface area contributed by atoms with Crippen LogP contribution in [0.3, 0.4) is 0 Å². The third kappa shape index (κ3) is 5.81. The topological polar surface area (TPSA) is 235 Å². The fourth-order valence-electron chi connectivity index (χ4n) is 3.11. The number of nitrogen functional groups attached to an aromatic ring is 1. The lowest BCUT2D eigenvalue weighted by Crippen LogP contribution is -2.17. The van der Waals surface area contributed by atoms with Gasteiger partial charge in [-0.15, -0.1) is 0 Å². The summed E-state index contributed by atoms with van der Waals surface area (Å²) in [6.45, 7) is 0. The Morgan fingerprint density at radius 1 is 0.735 bits per heavy atom. The van der Waals surface area contributed by atoms with Crippen molar-refractivity contribution >= 4 is 62.5 Å².